The molecule has 0 bridgehead atoms. The zero-order valence-corrected chi connectivity index (χ0v) is 15.2. The molecule has 1 aromatic heterocycles. The Morgan fingerprint density at radius 3 is 3.04 bits per heavy atom. The number of benzene rings is 2. The van der Waals surface area contributed by atoms with Gasteiger partial charge in [-0.2, -0.15) is 5.10 Å². The fourth-order valence-electron chi connectivity index (χ4n) is 3.19. The van der Waals surface area contributed by atoms with Crippen LogP contribution in [-0.4, -0.2) is 20.8 Å². The van der Waals surface area contributed by atoms with Crippen LogP contribution >= 0.6 is 11.6 Å². The highest BCUT2D eigenvalue weighted by molar-refractivity contribution is 6.31. The molecule has 6 heteroatoms. The summed E-state index contributed by atoms with van der Waals surface area (Å²) in [6.07, 6.45) is 3.69. The van der Waals surface area contributed by atoms with Crippen LogP contribution in [0.5, 0.6) is 5.75 Å². The molecule has 1 aliphatic rings. The molecule has 0 saturated heterocycles. The van der Waals surface area contributed by atoms with Gasteiger partial charge in [0.25, 0.3) is 0 Å². The molecule has 5 nitrogen and oxygen atoms in total. The number of halogens is 1. The minimum atomic E-state index is 0.414. The number of rotatable bonds is 6. The molecule has 134 valence electrons. The lowest BCUT2D eigenvalue weighted by Gasteiger charge is -2.23. The lowest BCUT2D eigenvalue weighted by atomic mass is 10.1. The predicted molar refractivity (Wildman–Crippen MR) is 101 cm³/mol. The summed E-state index contributed by atoms with van der Waals surface area (Å²) < 4.78 is 7.90. The molecule has 1 atom stereocenters. The van der Waals surface area contributed by atoms with E-state index in [-0.39, 0.29) is 0 Å². The number of hydrogen-bond acceptors (Lipinski definition) is 4. The Labute approximate surface area is 158 Å². The smallest absolute Gasteiger partial charge is 0.138 e. The summed E-state index contributed by atoms with van der Waals surface area (Å²) in [5.41, 5.74) is 2.19. The molecule has 0 fully saturated rings. The highest BCUT2D eigenvalue weighted by Crippen LogP contribution is 2.20. The monoisotopic (exact) mass is 368 g/mol. The first-order valence-electron chi connectivity index (χ1n) is 8.83. The largest absolute Gasteiger partial charge is 0.489 e. The highest BCUT2D eigenvalue weighted by atomic mass is 35.5. The number of aromatic nitrogens is 3. The van der Waals surface area contributed by atoms with Crippen LogP contribution < -0.4 is 10.1 Å². The standard InChI is InChI=1S/C20H21ClN4O/c21-19-7-2-1-5-16(19)13-26-18-6-3-4-15(10-18)11-22-17-8-9-20-23-14-24-25(20)12-17/h1-7,10,14,17,22H,8-9,11-13H2. The van der Waals surface area contributed by atoms with Gasteiger partial charge in [0.1, 0.15) is 24.5 Å². The van der Waals surface area contributed by atoms with Crippen LogP contribution in [0.1, 0.15) is 23.4 Å². The van der Waals surface area contributed by atoms with Gasteiger partial charge in [0, 0.05) is 29.6 Å². The van der Waals surface area contributed by atoms with Gasteiger partial charge in [-0.15, -0.1) is 0 Å². The molecule has 1 N–H and O–H groups in total. The Balaban J connectivity index is 1.32. The molecule has 26 heavy (non-hydrogen) atoms. The van der Waals surface area contributed by atoms with Crippen LogP contribution in [0.25, 0.3) is 0 Å². The van der Waals surface area contributed by atoms with Crippen molar-refractivity contribution in [1.29, 1.82) is 0 Å². The Morgan fingerprint density at radius 2 is 2.12 bits per heavy atom. The molecule has 2 heterocycles. The average molecular weight is 369 g/mol. The van der Waals surface area contributed by atoms with Gasteiger partial charge in [-0.3, -0.25) is 0 Å². The maximum Gasteiger partial charge on any atom is 0.138 e. The van der Waals surface area contributed by atoms with Crippen molar-refractivity contribution in [2.75, 3.05) is 0 Å². The molecule has 0 aliphatic carbocycles. The normalized spacial score (nSPS) is 16.3. The summed E-state index contributed by atoms with van der Waals surface area (Å²) >= 11 is 6.18. The van der Waals surface area contributed by atoms with E-state index in [1.165, 1.54) is 5.56 Å². The van der Waals surface area contributed by atoms with Gasteiger partial charge in [-0.05, 0) is 30.2 Å². The van der Waals surface area contributed by atoms with Crippen molar-refractivity contribution in [3.8, 4) is 5.75 Å². The quantitative estimate of drug-likeness (QED) is 0.722. The lowest BCUT2D eigenvalue weighted by molar-refractivity contribution is 0.305. The van der Waals surface area contributed by atoms with Gasteiger partial charge in [0.2, 0.25) is 0 Å². The van der Waals surface area contributed by atoms with E-state index in [4.69, 9.17) is 16.3 Å². The Kier molecular flexibility index (Phi) is 5.18. The van der Waals surface area contributed by atoms with Crippen molar-refractivity contribution in [1.82, 2.24) is 20.1 Å². The average Bonchev–Trinajstić information content (AvgIpc) is 3.14. The zero-order valence-electron chi connectivity index (χ0n) is 14.4. The molecule has 0 radical (unpaired) electrons. The van der Waals surface area contributed by atoms with Crippen LogP contribution in [0.2, 0.25) is 5.02 Å². The Hall–Kier alpha value is -2.37. The summed E-state index contributed by atoms with van der Waals surface area (Å²) in [4.78, 5) is 4.27. The SMILES string of the molecule is Clc1ccccc1COc1cccc(CNC2CCc3ncnn3C2)c1. The van der Waals surface area contributed by atoms with E-state index in [1.807, 2.05) is 41.1 Å². The predicted octanol–water partition coefficient (Wildman–Crippen LogP) is 3.62. The molecule has 1 unspecified atom stereocenters. The molecular weight excluding hydrogens is 348 g/mol. The third-order valence-corrected chi connectivity index (χ3v) is 5.02. The molecule has 0 amide bonds. The molecule has 3 aromatic rings. The number of hydrogen-bond donors (Lipinski definition) is 1. The van der Waals surface area contributed by atoms with Crippen LogP contribution in [0, 0.1) is 0 Å². The molecule has 0 spiro atoms. The molecule has 4 rings (SSSR count). The zero-order chi connectivity index (χ0) is 17.8. The van der Waals surface area contributed by atoms with Gasteiger partial charge in [0.05, 0.1) is 6.54 Å². The van der Waals surface area contributed by atoms with Crippen LogP contribution in [-0.2, 0) is 26.1 Å². The Bertz CT molecular complexity index is 880. The number of aryl methyl sites for hydroxylation is 1. The summed E-state index contributed by atoms with van der Waals surface area (Å²) in [6.45, 7) is 2.14. The van der Waals surface area contributed by atoms with Gasteiger partial charge < -0.3 is 10.1 Å². The minimum absolute atomic E-state index is 0.414. The van der Waals surface area contributed by atoms with E-state index in [0.717, 1.165) is 48.1 Å². The van der Waals surface area contributed by atoms with E-state index < -0.39 is 0 Å². The van der Waals surface area contributed by atoms with Gasteiger partial charge in [0.15, 0.2) is 0 Å². The van der Waals surface area contributed by atoms with E-state index in [1.54, 1.807) is 6.33 Å². The Morgan fingerprint density at radius 1 is 1.19 bits per heavy atom. The summed E-state index contributed by atoms with van der Waals surface area (Å²) in [5.74, 6) is 1.93. The first-order chi connectivity index (χ1) is 12.8. The maximum absolute atomic E-state index is 6.18. The summed E-state index contributed by atoms with van der Waals surface area (Å²) in [7, 11) is 0. The number of fused-ring (bicyclic) bond motifs is 1. The van der Waals surface area contributed by atoms with Crippen molar-refractivity contribution in [2.24, 2.45) is 0 Å². The lowest BCUT2D eigenvalue weighted by Crippen LogP contribution is -2.37. The molecule has 2 aromatic carbocycles. The van der Waals surface area contributed by atoms with Crippen molar-refractivity contribution < 1.29 is 4.74 Å². The van der Waals surface area contributed by atoms with Gasteiger partial charge in [-0.25, -0.2) is 9.67 Å². The van der Waals surface area contributed by atoms with Crippen LogP contribution in [0.3, 0.4) is 0 Å². The van der Waals surface area contributed by atoms with Crippen LogP contribution in [0.15, 0.2) is 54.9 Å². The van der Waals surface area contributed by atoms with Gasteiger partial charge >= 0.3 is 0 Å². The molecule has 1 aliphatic heterocycles. The number of nitrogens with zero attached hydrogens (tertiary/aromatic N) is 3. The second-order valence-electron chi connectivity index (χ2n) is 6.50. The number of nitrogens with one attached hydrogen (secondary N) is 1. The van der Waals surface area contributed by atoms with E-state index in [0.29, 0.717) is 12.6 Å². The van der Waals surface area contributed by atoms with Crippen LogP contribution in [0.4, 0.5) is 0 Å². The summed E-state index contributed by atoms with van der Waals surface area (Å²) in [5, 5.41) is 8.62. The van der Waals surface area contributed by atoms with Crippen molar-refractivity contribution in [2.45, 2.75) is 38.6 Å². The fourth-order valence-corrected chi connectivity index (χ4v) is 3.38. The fraction of sp³-hybridized carbons (Fsp3) is 0.300. The number of ether oxygens (including phenoxy) is 1. The third-order valence-electron chi connectivity index (χ3n) is 4.65. The molecule has 0 saturated carbocycles. The first kappa shape index (κ1) is 17.1. The first-order valence-corrected chi connectivity index (χ1v) is 9.21. The second-order valence-corrected chi connectivity index (χ2v) is 6.91. The highest BCUT2D eigenvalue weighted by Gasteiger charge is 2.19. The van der Waals surface area contributed by atoms with E-state index in [9.17, 15) is 0 Å². The van der Waals surface area contributed by atoms with Crippen molar-refractivity contribution in [3.05, 3.63) is 76.8 Å². The maximum atomic E-state index is 6.18. The van der Waals surface area contributed by atoms with Gasteiger partial charge in [-0.1, -0.05) is 41.9 Å². The minimum Gasteiger partial charge on any atom is -0.489 e. The van der Waals surface area contributed by atoms with E-state index in [2.05, 4.69) is 27.5 Å². The molecular formula is C20H21ClN4O. The van der Waals surface area contributed by atoms with Crippen molar-refractivity contribution in [3.63, 3.8) is 0 Å². The topological polar surface area (TPSA) is 52.0 Å². The van der Waals surface area contributed by atoms with E-state index >= 15 is 0 Å². The van der Waals surface area contributed by atoms with Crippen molar-refractivity contribution >= 4 is 11.6 Å². The second kappa shape index (κ2) is 7.89. The summed E-state index contributed by atoms with van der Waals surface area (Å²) in [6, 6.07) is 16.4. The third kappa shape index (κ3) is 4.06.